The molecule has 6 heteroatoms. The SMILES string of the molecule is CCNc1cc(-n2ccc3ncc(-c4ccccc4)nc32)ccc1C(=O)O. The van der Waals surface area contributed by atoms with Crippen LogP contribution in [0.2, 0.25) is 0 Å². The molecule has 0 atom stereocenters. The lowest BCUT2D eigenvalue weighted by Crippen LogP contribution is -2.07. The molecule has 0 radical (unpaired) electrons. The van der Waals surface area contributed by atoms with Gasteiger partial charge in [-0.3, -0.25) is 9.55 Å². The maximum absolute atomic E-state index is 11.4. The summed E-state index contributed by atoms with van der Waals surface area (Å²) < 4.78 is 1.92. The molecule has 134 valence electrons. The van der Waals surface area contributed by atoms with Crippen LogP contribution in [0.25, 0.3) is 28.1 Å². The van der Waals surface area contributed by atoms with Crippen molar-refractivity contribution in [1.29, 1.82) is 0 Å². The number of aromatic carboxylic acids is 1. The first-order valence-corrected chi connectivity index (χ1v) is 8.68. The van der Waals surface area contributed by atoms with Gasteiger partial charge in [0.1, 0.15) is 5.52 Å². The van der Waals surface area contributed by atoms with E-state index < -0.39 is 5.97 Å². The lowest BCUT2D eigenvalue weighted by Gasteiger charge is -2.12. The molecular weight excluding hydrogens is 340 g/mol. The van der Waals surface area contributed by atoms with Crippen LogP contribution in [-0.4, -0.2) is 32.2 Å². The highest BCUT2D eigenvalue weighted by atomic mass is 16.4. The first-order chi connectivity index (χ1) is 13.2. The Balaban J connectivity index is 1.84. The minimum Gasteiger partial charge on any atom is -0.478 e. The van der Waals surface area contributed by atoms with Gasteiger partial charge in [-0.2, -0.15) is 0 Å². The standard InChI is InChI=1S/C21H18N4O2/c1-2-22-18-12-15(8-9-16(18)21(26)27)25-11-10-17-20(25)24-19(13-23-17)14-6-4-3-5-7-14/h3-13,22H,2H2,1H3,(H,26,27). The summed E-state index contributed by atoms with van der Waals surface area (Å²) in [5.74, 6) is -0.957. The molecule has 0 aliphatic heterocycles. The number of carboxylic acids is 1. The number of fused-ring (bicyclic) bond motifs is 1. The van der Waals surface area contributed by atoms with E-state index in [1.807, 2.05) is 60.2 Å². The Morgan fingerprint density at radius 1 is 1.15 bits per heavy atom. The first kappa shape index (κ1) is 16.8. The third-order valence-electron chi connectivity index (χ3n) is 4.34. The van der Waals surface area contributed by atoms with Crippen molar-refractivity contribution in [2.24, 2.45) is 0 Å². The zero-order valence-corrected chi connectivity index (χ0v) is 14.8. The molecule has 4 aromatic rings. The van der Waals surface area contributed by atoms with Gasteiger partial charge in [-0.05, 0) is 31.2 Å². The molecule has 4 rings (SSSR count). The van der Waals surface area contributed by atoms with Gasteiger partial charge in [-0.25, -0.2) is 9.78 Å². The molecule has 2 N–H and O–H groups in total. The summed E-state index contributed by atoms with van der Waals surface area (Å²) in [5, 5.41) is 12.5. The molecule has 0 spiro atoms. The summed E-state index contributed by atoms with van der Waals surface area (Å²) in [6.07, 6.45) is 3.66. The minimum absolute atomic E-state index is 0.244. The van der Waals surface area contributed by atoms with E-state index in [1.165, 1.54) is 0 Å². The number of anilines is 1. The van der Waals surface area contributed by atoms with E-state index >= 15 is 0 Å². The van der Waals surface area contributed by atoms with Crippen molar-refractivity contribution < 1.29 is 9.90 Å². The van der Waals surface area contributed by atoms with Crippen molar-refractivity contribution in [3.63, 3.8) is 0 Å². The second-order valence-electron chi connectivity index (χ2n) is 6.08. The molecule has 27 heavy (non-hydrogen) atoms. The summed E-state index contributed by atoms with van der Waals surface area (Å²) >= 11 is 0. The topological polar surface area (TPSA) is 80.0 Å². The van der Waals surface area contributed by atoms with Crippen molar-refractivity contribution in [3.05, 3.63) is 72.6 Å². The fourth-order valence-corrected chi connectivity index (χ4v) is 3.06. The van der Waals surface area contributed by atoms with E-state index in [4.69, 9.17) is 4.98 Å². The van der Waals surface area contributed by atoms with E-state index in [0.29, 0.717) is 12.2 Å². The first-order valence-electron chi connectivity index (χ1n) is 8.68. The van der Waals surface area contributed by atoms with E-state index in [1.54, 1.807) is 18.3 Å². The summed E-state index contributed by atoms with van der Waals surface area (Å²) in [7, 11) is 0. The number of nitrogens with one attached hydrogen (secondary N) is 1. The minimum atomic E-state index is -0.957. The van der Waals surface area contributed by atoms with Crippen molar-refractivity contribution in [3.8, 4) is 16.9 Å². The summed E-state index contributed by atoms with van der Waals surface area (Å²) in [6.45, 7) is 2.56. The Labute approximate surface area is 156 Å². The fourth-order valence-electron chi connectivity index (χ4n) is 3.06. The number of carbonyl (C=O) groups is 1. The van der Waals surface area contributed by atoms with Crippen LogP contribution >= 0.6 is 0 Å². The molecule has 0 unspecified atom stereocenters. The van der Waals surface area contributed by atoms with Gasteiger partial charge >= 0.3 is 5.97 Å². The number of aromatic nitrogens is 3. The van der Waals surface area contributed by atoms with Gasteiger partial charge < -0.3 is 10.4 Å². The van der Waals surface area contributed by atoms with Crippen LogP contribution in [0.15, 0.2) is 67.0 Å². The highest BCUT2D eigenvalue weighted by Crippen LogP contribution is 2.25. The van der Waals surface area contributed by atoms with Crippen LogP contribution in [-0.2, 0) is 0 Å². The van der Waals surface area contributed by atoms with Gasteiger partial charge in [-0.15, -0.1) is 0 Å². The normalized spacial score (nSPS) is 10.9. The van der Waals surface area contributed by atoms with Gasteiger partial charge in [0.2, 0.25) is 0 Å². The number of hydrogen-bond acceptors (Lipinski definition) is 4. The molecule has 0 aliphatic carbocycles. The van der Waals surface area contributed by atoms with Crippen LogP contribution in [0.4, 0.5) is 5.69 Å². The van der Waals surface area contributed by atoms with Crippen molar-refractivity contribution in [2.75, 3.05) is 11.9 Å². The molecule has 0 saturated carbocycles. The van der Waals surface area contributed by atoms with Crippen LogP contribution < -0.4 is 5.32 Å². The number of benzene rings is 2. The lowest BCUT2D eigenvalue weighted by molar-refractivity contribution is 0.0698. The molecule has 2 heterocycles. The largest absolute Gasteiger partial charge is 0.478 e. The smallest absolute Gasteiger partial charge is 0.337 e. The quantitative estimate of drug-likeness (QED) is 0.558. The molecule has 0 aliphatic rings. The van der Waals surface area contributed by atoms with E-state index in [9.17, 15) is 9.90 Å². The maximum Gasteiger partial charge on any atom is 0.337 e. The van der Waals surface area contributed by atoms with Crippen LogP contribution in [0, 0.1) is 0 Å². The molecule has 0 amide bonds. The van der Waals surface area contributed by atoms with E-state index in [0.717, 1.165) is 28.1 Å². The van der Waals surface area contributed by atoms with Crippen LogP contribution in [0.1, 0.15) is 17.3 Å². The lowest BCUT2D eigenvalue weighted by atomic mass is 10.1. The number of rotatable bonds is 5. The van der Waals surface area contributed by atoms with Crippen molar-refractivity contribution >= 4 is 22.8 Å². The summed E-state index contributed by atoms with van der Waals surface area (Å²) in [5.41, 5.74) is 4.94. The van der Waals surface area contributed by atoms with Gasteiger partial charge in [0.25, 0.3) is 0 Å². The third kappa shape index (κ3) is 3.13. The summed E-state index contributed by atoms with van der Waals surface area (Å²) in [6, 6.07) is 17.0. The zero-order valence-electron chi connectivity index (χ0n) is 14.8. The molecule has 2 aromatic heterocycles. The van der Waals surface area contributed by atoms with Crippen molar-refractivity contribution in [2.45, 2.75) is 6.92 Å². The summed E-state index contributed by atoms with van der Waals surface area (Å²) in [4.78, 5) is 20.7. The molecule has 2 aromatic carbocycles. The molecule has 0 bridgehead atoms. The zero-order chi connectivity index (χ0) is 18.8. The van der Waals surface area contributed by atoms with Crippen LogP contribution in [0.5, 0.6) is 0 Å². The fraction of sp³-hybridized carbons (Fsp3) is 0.0952. The molecule has 6 nitrogen and oxygen atoms in total. The molecular formula is C21H18N4O2. The van der Waals surface area contributed by atoms with Gasteiger partial charge in [0, 0.05) is 24.0 Å². The molecule has 0 saturated heterocycles. The average Bonchev–Trinajstić information content (AvgIpc) is 3.12. The third-order valence-corrected chi connectivity index (χ3v) is 4.34. The van der Waals surface area contributed by atoms with Crippen LogP contribution in [0.3, 0.4) is 0 Å². The predicted octanol–water partition coefficient (Wildman–Crippen LogP) is 4.22. The van der Waals surface area contributed by atoms with Gasteiger partial charge in [0.05, 0.1) is 23.1 Å². The number of carboxylic acid groups (broad SMARTS) is 1. The highest BCUT2D eigenvalue weighted by molar-refractivity contribution is 5.95. The average molecular weight is 358 g/mol. The van der Waals surface area contributed by atoms with Gasteiger partial charge in [-0.1, -0.05) is 30.3 Å². The Bertz CT molecular complexity index is 1120. The number of nitrogens with zero attached hydrogens (tertiary/aromatic N) is 3. The monoisotopic (exact) mass is 358 g/mol. The highest BCUT2D eigenvalue weighted by Gasteiger charge is 2.13. The Morgan fingerprint density at radius 2 is 1.96 bits per heavy atom. The Morgan fingerprint density at radius 3 is 2.70 bits per heavy atom. The van der Waals surface area contributed by atoms with E-state index in [-0.39, 0.29) is 5.56 Å². The maximum atomic E-state index is 11.4. The van der Waals surface area contributed by atoms with Gasteiger partial charge in [0.15, 0.2) is 5.65 Å². The second kappa shape index (κ2) is 6.92. The predicted molar refractivity (Wildman–Crippen MR) is 105 cm³/mol. The van der Waals surface area contributed by atoms with E-state index in [2.05, 4.69) is 10.3 Å². The van der Waals surface area contributed by atoms with Crippen molar-refractivity contribution in [1.82, 2.24) is 14.5 Å². The Kier molecular flexibility index (Phi) is 4.30. The number of hydrogen-bond donors (Lipinski definition) is 2. The Hall–Kier alpha value is -3.67. The second-order valence-corrected chi connectivity index (χ2v) is 6.08. The molecule has 0 fully saturated rings.